The van der Waals surface area contributed by atoms with Crippen LogP contribution in [0.1, 0.15) is 32.4 Å². The molecule has 0 aromatic heterocycles. The molecule has 19 heavy (non-hydrogen) atoms. The van der Waals surface area contributed by atoms with E-state index in [0.29, 0.717) is 0 Å². The Morgan fingerprint density at radius 1 is 1.16 bits per heavy atom. The second kappa shape index (κ2) is 6.13. The van der Waals surface area contributed by atoms with E-state index in [1.54, 1.807) is 19.1 Å². The number of carboxylic acid groups (broad SMARTS) is 1. The predicted octanol–water partition coefficient (Wildman–Crippen LogP) is 2.42. The minimum atomic E-state index is -1.12. The normalized spacial score (nSPS) is 13.5. The van der Waals surface area contributed by atoms with E-state index in [2.05, 4.69) is 5.32 Å². The summed E-state index contributed by atoms with van der Waals surface area (Å²) in [6, 6.07) is 5.43. The largest absolute Gasteiger partial charge is 0.478 e. The second-order valence-corrected chi connectivity index (χ2v) is 4.30. The van der Waals surface area contributed by atoms with Crippen molar-refractivity contribution in [3.8, 4) is 0 Å². The van der Waals surface area contributed by atoms with Crippen LogP contribution in [-0.4, -0.2) is 17.0 Å². The molecule has 1 aromatic rings. The maximum atomic E-state index is 12.8. The molecule has 0 bridgehead atoms. The van der Waals surface area contributed by atoms with Crippen molar-refractivity contribution < 1.29 is 19.1 Å². The Hall–Kier alpha value is -2.17. The summed E-state index contributed by atoms with van der Waals surface area (Å²) >= 11 is 0. The van der Waals surface area contributed by atoms with Crippen LogP contribution in [0, 0.1) is 5.82 Å². The first-order valence-electron chi connectivity index (χ1n) is 5.80. The number of carbonyl (C=O) groups is 2. The van der Waals surface area contributed by atoms with E-state index in [0.717, 1.165) is 5.56 Å². The number of benzene rings is 1. The molecule has 102 valence electrons. The van der Waals surface area contributed by atoms with Gasteiger partial charge in [0.25, 0.3) is 0 Å². The van der Waals surface area contributed by atoms with Gasteiger partial charge in [0.2, 0.25) is 5.91 Å². The van der Waals surface area contributed by atoms with Gasteiger partial charge in [-0.2, -0.15) is 0 Å². The monoisotopic (exact) mass is 265 g/mol. The zero-order valence-electron chi connectivity index (χ0n) is 11.0. The molecule has 5 heteroatoms. The van der Waals surface area contributed by atoms with Crippen molar-refractivity contribution in [2.75, 3.05) is 0 Å². The summed E-state index contributed by atoms with van der Waals surface area (Å²) in [6.45, 7) is 4.57. The molecular weight excluding hydrogens is 249 g/mol. The van der Waals surface area contributed by atoms with Crippen molar-refractivity contribution in [1.82, 2.24) is 5.32 Å². The molecule has 0 aliphatic heterocycles. The van der Waals surface area contributed by atoms with Crippen LogP contribution in [0.4, 0.5) is 4.39 Å². The first-order chi connectivity index (χ1) is 8.82. The highest BCUT2D eigenvalue weighted by Gasteiger charge is 2.15. The minimum absolute atomic E-state index is 0.00352. The third-order valence-corrected chi connectivity index (χ3v) is 2.94. The molecule has 2 N–H and O–H groups in total. The Kier molecular flexibility index (Phi) is 4.80. The second-order valence-electron chi connectivity index (χ2n) is 4.30. The Morgan fingerprint density at radius 2 is 1.68 bits per heavy atom. The molecule has 0 fully saturated rings. The summed E-state index contributed by atoms with van der Waals surface area (Å²) in [6.07, 6.45) is 0. The number of halogens is 1. The van der Waals surface area contributed by atoms with Gasteiger partial charge in [-0.05, 0) is 38.5 Å². The third-order valence-electron chi connectivity index (χ3n) is 2.94. The summed E-state index contributed by atoms with van der Waals surface area (Å²) in [5, 5.41) is 11.5. The van der Waals surface area contributed by atoms with E-state index < -0.39 is 11.9 Å². The summed E-state index contributed by atoms with van der Waals surface area (Å²) < 4.78 is 12.8. The number of rotatable bonds is 4. The van der Waals surface area contributed by atoms with E-state index in [4.69, 9.17) is 5.11 Å². The molecule has 4 nitrogen and oxygen atoms in total. The Labute approximate surface area is 110 Å². The van der Waals surface area contributed by atoms with Crippen molar-refractivity contribution >= 4 is 11.9 Å². The van der Waals surface area contributed by atoms with Crippen molar-refractivity contribution in [2.24, 2.45) is 0 Å². The molecule has 0 spiro atoms. The fourth-order valence-electron chi connectivity index (χ4n) is 1.47. The lowest BCUT2D eigenvalue weighted by atomic mass is 10.1. The zero-order chi connectivity index (χ0) is 14.6. The maximum Gasteiger partial charge on any atom is 0.331 e. The van der Waals surface area contributed by atoms with Crippen molar-refractivity contribution in [1.29, 1.82) is 0 Å². The first kappa shape index (κ1) is 14.9. The van der Waals surface area contributed by atoms with E-state index >= 15 is 0 Å². The molecule has 1 unspecified atom stereocenters. The number of hydrogen-bond donors (Lipinski definition) is 2. The molecule has 1 rings (SSSR count). The number of carboxylic acids is 1. The lowest BCUT2D eigenvalue weighted by Gasteiger charge is -2.15. The number of nitrogens with one attached hydrogen (secondary N) is 1. The van der Waals surface area contributed by atoms with Crippen molar-refractivity contribution in [3.05, 3.63) is 46.8 Å². The van der Waals surface area contributed by atoms with E-state index in [1.807, 2.05) is 0 Å². The van der Waals surface area contributed by atoms with E-state index in [9.17, 15) is 14.0 Å². The molecule has 0 radical (unpaired) electrons. The molecule has 0 saturated heterocycles. The number of aliphatic carboxylic acids is 1. The molecule has 0 heterocycles. The quantitative estimate of drug-likeness (QED) is 0.822. The summed E-state index contributed by atoms with van der Waals surface area (Å²) in [5.74, 6) is -1.92. The molecular formula is C14H16FNO3. The minimum Gasteiger partial charge on any atom is -0.478 e. The van der Waals surface area contributed by atoms with Gasteiger partial charge in [0.1, 0.15) is 5.82 Å². The third kappa shape index (κ3) is 3.91. The lowest BCUT2D eigenvalue weighted by Crippen LogP contribution is -2.28. The fraction of sp³-hybridized carbons (Fsp3) is 0.286. The zero-order valence-corrected chi connectivity index (χ0v) is 11.0. The molecule has 1 amide bonds. The standard InChI is InChI=1S/C14H16FNO3/c1-8(9(2)14(18)19)13(17)16-10(3)11-4-6-12(15)7-5-11/h4-7,10H,1-3H3,(H,16,17)(H,18,19)/b9-8-. The topological polar surface area (TPSA) is 66.4 Å². The maximum absolute atomic E-state index is 12.8. The van der Waals surface area contributed by atoms with Gasteiger partial charge in [-0.15, -0.1) is 0 Å². The fourth-order valence-corrected chi connectivity index (χ4v) is 1.47. The number of carbonyl (C=O) groups excluding carboxylic acids is 1. The highest BCUT2D eigenvalue weighted by Crippen LogP contribution is 2.14. The number of amides is 1. The highest BCUT2D eigenvalue weighted by molar-refractivity contribution is 6.01. The van der Waals surface area contributed by atoms with Crippen LogP contribution in [-0.2, 0) is 9.59 Å². The summed E-state index contributed by atoms with van der Waals surface area (Å²) in [4.78, 5) is 22.6. The van der Waals surface area contributed by atoms with Crippen molar-refractivity contribution in [2.45, 2.75) is 26.8 Å². The smallest absolute Gasteiger partial charge is 0.331 e. The Bertz CT molecular complexity index is 520. The average molecular weight is 265 g/mol. The van der Waals surface area contributed by atoms with Gasteiger partial charge >= 0.3 is 5.97 Å². The first-order valence-corrected chi connectivity index (χ1v) is 5.80. The van der Waals surface area contributed by atoms with Crippen molar-refractivity contribution in [3.63, 3.8) is 0 Å². The van der Waals surface area contributed by atoms with Gasteiger partial charge in [0.15, 0.2) is 0 Å². The van der Waals surface area contributed by atoms with Crippen LogP contribution in [0.25, 0.3) is 0 Å². The molecule has 0 aliphatic rings. The molecule has 0 saturated carbocycles. The van der Waals surface area contributed by atoms with Crippen LogP contribution in [0.2, 0.25) is 0 Å². The van der Waals surface area contributed by atoms with Crippen LogP contribution < -0.4 is 5.32 Å². The molecule has 1 atom stereocenters. The van der Waals surface area contributed by atoms with Gasteiger partial charge < -0.3 is 10.4 Å². The Balaban J connectivity index is 2.80. The molecule has 1 aromatic carbocycles. The SMILES string of the molecule is C/C(C(=O)O)=C(\C)C(=O)NC(C)c1ccc(F)cc1. The van der Waals surface area contributed by atoms with Crippen LogP contribution in [0.5, 0.6) is 0 Å². The van der Waals surface area contributed by atoms with E-state index in [-0.39, 0.29) is 23.0 Å². The van der Waals surface area contributed by atoms with Crippen LogP contribution in [0.3, 0.4) is 0 Å². The Morgan fingerprint density at radius 3 is 2.16 bits per heavy atom. The predicted molar refractivity (Wildman–Crippen MR) is 69.0 cm³/mol. The van der Waals surface area contributed by atoms with Crippen LogP contribution in [0.15, 0.2) is 35.4 Å². The molecule has 0 aliphatic carbocycles. The number of hydrogen-bond acceptors (Lipinski definition) is 2. The highest BCUT2D eigenvalue weighted by atomic mass is 19.1. The van der Waals surface area contributed by atoms with Gasteiger partial charge in [-0.1, -0.05) is 12.1 Å². The summed E-state index contributed by atoms with van der Waals surface area (Å²) in [5.41, 5.74) is 0.904. The van der Waals surface area contributed by atoms with Gasteiger partial charge in [0, 0.05) is 11.1 Å². The van der Waals surface area contributed by atoms with Gasteiger partial charge in [-0.25, -0.2) is 9.18 Å². The van der Waals surface area contributed by atoms with Crippen LogP contribution >= 0.6 is 0 Å². The van der Waals surface area contributed by atoms with E-state index in [1.165, 1.54) is 26.0 Å². The summed E-state index contributed by atoms with van der Waals surface area (Å²) in [7, 11) is 0. The lowest BCUT2D eigenvalue weighted by molar-refractivity contribution is -0.133. The van der Waals surface area contributed by atoms with Gasteiger partial charge in [-0.3, -0.25) is 4.79 Å². The van der Waals surface area contributed by atoms with Gasteiger partial charge in [0.05, 0.1) is 6.04 Å². The average Bonchev–Trinajstić information content (AvgIpc) is 2.37.